The second-order valence-electron chi connectivity index (χ2n) is 5.94. The van der Waals surface area contributed by atoms with E-state index in [1.165, 1.54) is 11.9 Å². The molecule has 0 saturated heterocycles. The summed E-state index contributed by atoms with van der Waals surface area (Å²) in [5, 5.41) is 3.69. The lowest BCUT2D eigenvalue weighted by molar-refractivity contribution is -0.137. The van der Waals surface area contributed by atoms with Gasteiger partial charge in [0.1, 0.15) is 5.69 Å². The summed E-state index contributed by atoms with van der Waals surface area (Å²) < 4.78 is 5.02. The summed E-state index contributed by atoms with van der Waals surface area (Å²) >= 11 is 0. The number of fused-ring (bicyclic) bond motifs is 1. The van der Waals surface area contributed by atoms with E-state index in [4.69, 9.17) is 4.74 Å². The largest absolute Gasteiger partial charge is 0.451 e. The molecule has 126 valence electrons. The number of aromatic nitrogens is 1. The summed E-state index contributed by atoms with van der Waals surface area (Å²) in [7, 11) is 1.51. The maximum absolute atomic E-state index is 12.0. The average Bonchev–Trinajstić information content (AvgIpc) is 3.26. The number of carbonyl (C=O) groups is 3. The Morgan fingerprint density at radius 3 is 2.75 bits per heavy atom. The fourth-order valence-electron chi connectivity index (χ4n) is 2.30. The Kier molecular flexibility index (Phi) is 4.50. The van der Waals surface area contributed by atoms with Crippen LogP contribution >= 0.6 is 0 Å². The number of ether oxygens (including phenoxy) is 1. The Labute approximate surface area is 139 Å². The molecule has 0 atom stereocenters. The van der Waals surface area contributed by atoms with E-state index in [2.05, 4.69) is 10.3 Å². The van der Waals surface area contributed by atoms with Crippen LogP contribution in [0.1, 0.15) is 23.3 Å². The van der Waals surface area contributed by atoms with Crippen molar-refractivity contribution in [2.45, 2.75) is 18.9 Å². The van der Waals surface area contributed by atoms with E-state index < -0.39 is 18.5 Å². The van der Waals surface area contributed by atoms with Crippen LogP contribution in [0.3, 0.4) is 0 Å². The molecule has 7 nitrogen and oxygen atoms in total. The molecule has 24 heavy (non-hydrogen) atoms. The molecule has 1 aliphatic rings. The second-order valence-corrected chi connectivity index (χ2v) is 5.94. The van der Waals surface area contributed by atoms with Crippen molar-refractivity contribution in [1.82, 2.24) is 15.2 Å². The molecule has 0 aliphatic heterocycles. The molecular weight excluding hydrogens is 310 g/mol. The molecule has 0 unspecified atom stereocenters. The highest BCUT2D eigenvalue weighted by Gasteiger charge is 2.24. The maximum Gasteiger partial charge on any atom is 0.355 e. The van der Waals surface area contributed by atoms with E-state index in [-0.39, 0.29) is 24.2 Å². The summed E-state index contributed by atoms with van der Waals surface area (Å²) in [5.74, 6) is -1.23. The van der Waals surface area contributed by atoms with E-state index in [1.807, 2.05) is 24.3 Å². The predicted molar refractivity (Wildman–Crippen MR) is 87.4 cm³/mol. The van der Waals surface area contributed by atoms with Gasteiger partial charge in [-0.15, -0.1) is 0 Å². The Bertz CT molecular complexity index is 746. The van der Waals surface area contributed by atoms with Gasteiger partial charge in [-0.05, 0) is 25.0 Å². The number of hydrogen-bond donors (Lipinski definition) is 2. The normalized spacial score (nSPS) is 13.5. The van der Waals surface area contributed by atoms with Crippen LogP contribution in [0.15, 0.2) is 30.3 Å². The third-order valence-corrected chi connectivity index (χ3v) is 3.83. The fraction of sp³-hybridized carbons (Fsp3) is 0.353. The topological polar surface area (TPSA) is 91.5 Å². The number of carbonyl (C=O) groups excluding carboxylic acids is 3. The molecule has 0 bridgehead atoms. The molecule has 1 saturated carbocycles. The van der Waals surface area contributed by atoms with Crippen molar-refractivity contribution >= 4 is 28.7 Å². The van der Waals surface area contributed by atoms with Crippen molar-refractivity contribution in [2.75, 3.05) is 20.2 Å². The van der Waals surface area contributed by atoms with Crippen LogP contribution < -0.4 is 5.32 Å². The zero-order chi connectivity index (χ0) is 17.1. The Morgan fingerprint density at radius 1 is 1.29 bits per heavy atom. The maximum atomic E-state index is 12.0. The SMILES string of the molecule is CN(CC(=O)NC1CC1)C(=O)COC(=O)c1cc2ccccc2[nH]1. The second kappa shape index (κ2) is 6.74. The first-order valence-electron chi connectivity index (χ1n) is 7.81. The van der Waals surface area contributed by atoms with Crippen LogP contribution in [0.25, 0.3) is 10.9 Å². The van der Waals surface area contributed by atoms with Crippen molar-refractivity contribution in [2.24, 2.45) is 0 Å². The lowest BCUT2D eigenvalue weighted by atomic mass is 10.2. The number of rotatable bonds is 6. The molecule has 0 spiro atoms. The number of nitrogens with one attached hydrogen (secondary N) is 2. The summed E-state index contributed by atoms with van der Waals surface area (Å²) in [6, 6.07) is 9.38. The molecule has 0 radical (unpaired) electrons. The van der Waals surface area contributed by atoms with Crippen LogP contribution in [0.4, 0.5) is 0 Å². The molecule has 1 fully saturated rings. The van der Waals surface area contributed by atoms with Crippen LogP contribution in [0.5, 0.6) is 0 Å². The van der Waals surface area contributed by atoms with Crippen molar-refractivity contribution < 1.29 is 19.1 Å². The van der Waals surface area contributed by atoms with Gasteiger partial charge in [0.2, 0.25) is 5.91 Å². The van der Waals surface area contributed by atoms with Gasteiger partial charge in [-0.1, -0.05) is 18.2 Å². The average molecular weight is 329 g/mol. The molecule has 2 N–H and O–H groups in total. The van der Waals surface area contributed by atoms with Gasteiger partial charge in [0, 0.05) is 24.0 Å². The first kappa shape index (κ1) is 16.0. The highest BCUT2D eigenvalue weighted by atomic mass is 16.5. The number of nitrogens with zero attached hydrogens (tertiary/aromatic N) is 1. The molecule has 1 aliphatic carbocycles. The number of hydrogen-bond acceptors (Lipinski definition) is 4. The van der Waals surface area contributed by atoms with Crippen molar-refractivity contribution in [3.63, 3.8) is 0 Å². The van der Waals surface area contributed by atoms with Crippen LogP contribution in [-0.4, -0.2) is 53.9 Å². The molecule has 7 heteroatoms. The minimum atomic E-state index is -0.601. The Balaban J connectivity index is 1.49. The van der Waals surface area contributed by atoms with Gasteiger partial charge in [0.05, 0.1) is 6.54 Å². The van der Waals surface area contributed by atoms with Crippen LogP contribution in [0.2, 0.25) is 0 Å². The fourth-order valence-corrected chi connectivity index (χ4v) is 2.30. The lowest BCUT2D eigenvalue weighted by Gasteiger charge is -2.16. The zero-order valence-electron chi connectivity index (χ0n) is 13.4. The highest BCUT2D eigenvalue weighted by Crippen LogP contribution is 2.18. The lowest BCUT2D eigenvalue weighted by Crippen LogP contribution is -2.40. The van der Waals surface area contributed by atoms with Gasteiger partial charge in [-0.2, -0.15) is 0 Å². The Hall–Kier alpha value is -2.83. The molecule has 1 heterocycles. The minimum absolute atomic E-state index is 0.0424. The summed E-state index contributed by atoms with van der Waals surface area (Å²) in [6.07, 6.45) is 1.98. The van der Waals surface area contributed by atoms with E-state index in [0.717, 1.165) is 23.7 Å². The molecule has 1 aromatic heterocycles. The molecule has 3 rings (SSSR count). The van der Waals surface area contributed by atoms with Gasteiger partial charge in [0.15, 0.2) is 6.61 Å². The van der Waals surface area contributed by atoms with Gasteiger partial charge >= 0.3 is 5.97 Å². The van der Waals surface area contributed by atoms with Crippen molar-refractivity contribution in [3.05, 3.63) is 36.0 Å². The van der Waals surface area contributed by atoms with Gasteiger partial charge < -0.3 is 19.9 Å². The third kappa shape index (κ3) is 3.92. The van der Waals surface area contributed by atoms with E-state index in [0.29, 0.717) is 0 Å². The van der Waals surface area contributed by atoms with Crippen LogP contribution in [-0.2, 0) is 14.3 Å². The Morgan fingerprint density at radius 2 is 2.04 bits per heavy atom. The summed E-state index contributed by atoms with van der Waals surface area (Å²) in [6.45, 7) is -0.444. The molecule has 1 aromatic carbocycles. The number of likely N-dealkylation sites (N-methyl/N-ethyl adjacent to an activating group) is 1. The summed E-state index contributed by atoms with van der Waals surface area (Å²) in [5.41, 5.74) is 1.11. The smallest absolute Gasteiger partial charge is 0.355 e. The monoisotopic (exact) mass is 329 g/mol. The minimum Gasteiger partial charge on any atom is -0.451 e. The predicted octanol–water partition coefficient (Wildman–Crippen LogP) is 1.06. The quantitative estimate of drug-likeness (QED) is 0.775. The first-order chi connectivity index (χ1) is 11.5. The van der Waals surface area contributed by atoms with Crippen molar-refractivity contribution in [1.29, 1.82) is 0 Å². The van der Waals surface area contributed by atoms with E-state index in [9.17, 15) is 14.4 Å². The summed E-state index contributed by atoms with van der Waals surface area (Å²) in [4.78, 5) is 39.8. The molecule has 2 amide bonds. The number of benzene rings is 1. The highest BCUT2D eigenvalue weighted by molar-refractivity contribution is 5.96. The standard InChI is InChI=1S/C17H19N3O4/c1-20(9-15(21)18-12-6-7-12)16(22)10-24-17(23)14-8-11-4-2-3-5-13(11)19-14/h2-5,8,12,19H,6-7,9-10H2,1H3,(H,18,21). The number of esters is 1. The van der Waals surface area contributed by atoms with Gasteiger partial charge in [0.25, 0.3) is 5.91 Å². The molecular formula is C17H19N3O4. The number of para-hydroxylation sites is 1. The zero-order valence-corrected chi connectivity index (χ0v) is 13.4. The van der Waals surface area contributed by atoms with Crippen LogP contribution in [0, 0.1) is 0 Å². The van der Waals surface area contributed by atoms with Gasteiger partial charge in [-0.25, -0.2) is 4.79 Å². The number of H-pyrrole nitrogens is 1. The molecule has 2 aromatic rings. The van der Waals surface area contributed by atoms with Crippen molar-refractivity contribution in [3.8, 4) is 0 Å². The number of amides is 2. The first-order valence-corrected chi connectivity index (χ1v) is 7.81. The van der Waals surface area contributed by atoms with E-state index in [1.54, 1.807) is 6.07 Å². The number of aromatic amines is 1. The van der Waals surface area contributed by atoms with E-state index >= 15 is 0 Å². The third-order valence-electron chi connectivity index (χ3n) is 3.83. The van der Waals surface area contributed by atoms with Gasteiger partial charge in [-0.3, -0.25) is 9.59 Å².